The molecule has 0 aliphatic carbocycles. The Morgan fingerprint density at radius 3 is 2.41 bits per heavy atom. The van der Waals surface area contributed by atoms with Crippen LogP contribution in [-0.2, 0) is 10.0 Å². The highest BCUT2D eigenvalue weighted by Crippen LogP contribution is 2.24. The number of carbonyl (C=O) groups excluding carboxylic acids is 1. The Kier molecular flexibility index (Phi) is 6.33. The quantitative estimate of drug-likeness (QED) is 0.814. The number of hydrogen-bond donors (Lipinski definition) is 1. The summed E-state index contributed by atoms with van der Waals surface area (Å²) in [5, 5.41) is 0. The second-order valence-corrected chi connectivity index (χ2v) is 8.01. The van der Waals surface area contributed by atoms with E-state index in [1.54, 1.807) is 26.8 Å². The monoisotopic (exact) mass is 396 g/mol. The SMILES string of the molecule is CCNS(=O)(=O)c1ccc(C)c(C(=O)N(C)C(C)c2ccc(F)c(F)c2)c1. The van der Waals surface area contributed by atoms with E-state index in [1.807, 2.05) is 0 Å². The molecule has 2 aromatic rings. The number of nitrogens with zero attached hydrogens (tertiary/aromatic N) is 1. The molecule has 8 heteroatoms. The fourth-order valence-corrected chi connectivity index (χ4v) is 3.70. The molecule has 0 saturated carbocycles. The van der Waals surface area contributed by atoms with Crippen LogP contribution in [0, 0.1) is 18.6 Å². The van der Waals surface area contributed by atoms with Crippen LogP contribution in [0.5, 0.6) is 0 Å². The van der Waals surface area contributed by atoms with Crippen molar-refractivity contribution in [2.75, 3.05) is 13.6 Å². The minimum atomic E-state index is -3.70. The average molecular weight is 396 g/mol. The van der Waals surface area contributed by atoms with Gasteiger partial charge in [-0.1, -0.05) is 19.1 Å². The number of sulfonamides is 1. The highest BCUT2D eigenvalue weighted by Gasteiger charge is 2.23. The van der Waals surface area contributed by atoms with Crippen molar-refractivity contribution < 1.29 is 22.0 Å². The molecule has 1 amide bonds. The van der Waals surface area contributed by atoms with Gasteiger partial charge in [-0.3, -0.25) is 4.79 Å². The van der Waals surface area contributed by atoms with Crippen LogP contribution in [0.15, 0.2) is 41.3 Å². The fraction of sp³-hybridized carbons (Fsp3) is 0.316. The maximum Gasteiger partial charge on any atom is 0.254 e. The van der Waals surface area contributed by atoms with Crippen molar-refractivity contribution in [2.45, 2.75) is 31.7 Å². The zero-order valence-electron chi connectivity index (χ0n) is 15.6. The Morgan fingerprint density at radius 2 is 1.81 bits per heavy atom. The summed E-state index contributed by atoms with van der Waals surface area (Å²) in [6.07, 6.45) is 0. The van der Waals surface area contributed by atoms with Crippen molar-refractivity contribution in [3.63, 3.8) is 0 Å². The van der Waals surface area contributed by atoms with Gasteiger partial charge in [0.2, 0.25) is 10.0 Å². The number of amides is 1. The molecule has 1 atom stereocenters. The summed E-state index contributed by atoms with van der Waals surface area (Å²) in [7, 11) is -2.18. The Morgan fingerprint density at radius 1 is 1.15 bits per heavy atom. The van der Waals surface area contributed by atoms with E-state index in [1.165, 1.54) is 30.1 Å². The van der Waals surface area contributed by atoms with E-state index >= 15 is 0 Å². The smallest absolute Gasteiger partial charge is 0.254 e. The first-order chi connectivity index (χ1) is 12.6. The third-order valence-electron chi connectivity index (χ3n) is 4.41. The summed E-state index contributed by atoms with van der Waals surface area (Å²) in [5.41, 5.74) is 1.27. The van der Waals surface area contributed by atoms with Gasteiger partial charge in [0.1, 0.15) is 0 Å². The van der Waals surface area contributed by atoms with E-state index in [9.17, 15) is 22.0 Å². The molecule has 0 heterocycles. The Balaban J connectivity index is 2.37. The summed E-state index contributed by atoms with van der Waals surface area (Å²) in [6, 6.07) is 7.24. The molecule has 0 fully saturated rings. The lowest BCUT2D eigenvalue weighted by Gasteiger charge is -2.26. The summed E-state index contributed by atoms with van der Waals surface area (Å²) in [4.78, 5) is 14.3. The number of nitrogens with one attached hydrogen (secondary N) is 1. The first-order valence-electron chi connectivity index (χ1n) is 8.41. The standard InChI is InChI=1S/C19H22F2N2O3S/c1-5-22-27(25,26)15-8-6-12(2)16(11-15)19(24)23(4)13(3)14-7-9-17(20)18(21)10-14/h6-11,13,22H,5H2,1-4H3. The zero-order valence-corrected chi connectivity index (χ0v) is 16.4. The first-order valence-corrected chi connectivity index (χ1v) is 9.89. The van der Waals surface area contributed by atoms with Gasteiger partial charge in [0.05, 0.1) is 10.9 Å². The molecule has 5 nitrogen and oxygen atoms in total. The molecular formula is C19H22F2N2O3S. The Hall–Kier alpha value is -2.32. The first kappa shape index (κ1) is 21.0. The van der Waals surface area contributed by atoms with E-state index in [-0.39, 0.29) is 17.0 Å². The maximum absolute atomic E-state index is 13.5. The minimum Gasteiger partial charge on any atom is -0.335 e. The van der Waals surface area contributed by atoms with E-state index in [0.29, 0.717) is 11.1 Å². The van der Waals surface area contributed by atoms with Crippen molar-refractivity contribution in [1.82, 2.24) is 9.62 Å². The van der Waals surface area contributed by atoms with Crippen LogP contribution < -0.4 is 4.72 Å². The van der Waals surface area contributed by atoms with Gasteiger partial charge in [0, 0.05) is 19.2 Å². The van der Waals surface area contributed by atoms with E-state index in [2.05, 4.69) is 4.72 Å². The molecule has 2 aromatic carbocycles. The van der Waals surface area contributed by atoms with Crippen LogP contribution in [0.2, 0.25) is 0 Å². The van der Waals surface area contributed by atoms with Gasteiger partial charge in [-0.25, -0.2) is 21.9 Å². The fourth-order valence-electron chi connectivity index (χ4n) is 2.63. The third-order valence-corrected chi connectivity index (χ3v) is 5.95. The van der Waals surface area contributed by atoms with Gasteiger partial charge >= 0.3 is 0 Å². The van der Waals surface area contributed by atoms with Crippen LogP contribution in [0.4, 0.5) is 8.78 Å². The number of rotatable bonds is 6. The second kappa shape index (κ2) is 8.14. The van der Waals surface area contributed by atoms with Gasteiger partial charge in [0.15, 0.2) is 11.6 Å². The molecule has 0 radical (unpaired) electrons. The van der Waals surface area contributed by atoms with Crippen LogP contribution in [0.25, 0.3) is 0 Å². The molecule has 0 aliphatic heterocycles. The Labute approximate surface area is 158 Å². The molecule has 1 unspecified atom stereocenters. The molecule has 0 bridgehead atoms. The number of halogens is 2. The number of carbonyl (C=O) groups is 1. The molecule has 0 aromatic heterocycles. The lowest BCUT2D eigenvalue weighted by atomic mass is 10.0. The van der Waals surface area contributed by atoms with Crippen LogP contribution in [0.1, 0.15) is 41.4 Å². The van der Waals surface area contributed by atoms with Crippen molar-refractivity contribution in [1.29, 1.82) is 0 Å². The minimum absolute atomic E-state index is 0.00724. The van der Waals surface area contributed by atoms with Crippen molar-refractivity contribution >= 4 is 15.9 Å². The van der Waals surface area contributed by atoms with E-state index < -0.39 is 33.6 Å². The molecule has 0 spiro atoms. The molecule has 27 heavy (non-hydrogen) atoms. The predicted molar refractivity (Wildman–Crippen MR) is 98.9 cm³/mol. The molecule has 146 valence electrons. The number of benzene rings is 2. The highest BCUT2D eigenvalue weighted by atomic mass is 32.2. The van der Waals surface area contributed by atoms with E-state index in [4.69, 9.17) is 0 Å². The molecule has 2 rings (SSSR count). The molecule has 1 N–H and O–H groups in total. The highest BCUT2D eigenvalue weighted by molar-refractivity contribution is 7.89. The van der Waals surface area contributed by atoms with Gasteiger partial charge in [-0.05, 0) is 49.2 Å². The van der Waals surface area contributed by atoms with E-state index in [0.717, 1.165) is 12.1 Å². The zero-order chi connectivity index (χ0) is 20.4. The maximum atomic E-state index is 13.5. The second-order valence-electron chi connectivity index (χ2n) is 6.24. The predicted octanol–water partition coefficient (Wildman–Crippen LogP) is 3.40. The van der Waals surface area contributed by atoms with Crippen LogP contribution in [-0.4, -0.2) is 32.8 Å². The largest absolute Gasteiger partial charge is 0.335 e. The van der Waals surface area contributed by atoms with Crippen molar-refractivity contribution in [2.24, 2.45) is 0 Å². The normalized spacial score (nSPS) is 12.7. The molecular weight excluding hydrogens is 374 g/mol. The third kappa shape index (κ3) is 4.51. The summed E-state index contributed by atoms with van der Waals surface area (Å²) >= 11 is 0. The summed E-state index contributed by atoms with van der Waals surface area (Å²) in [6.45, 7) is 5.27. The van der Waals surface area contributed by atoms with Gasteiger partial charge in [0.25, 0.3) is 5.91 Å². The van der Waals surface area contributed by atoms with Crippen LogP contribution in [0.3, 0.4) is 0 Å². The van der Waals surface area contributed by atoms with Gasteiger partial charge in [-0.2, -0.15) is 0 Å². The topological polar surface area (TPSA) is 66.5 Å². The Bertz CT molecular complexity index is 961. The average Bonchev–Trinajstić information content (AvgIpc) is 2.62. The lowest BCUT2D eigenvalue weighted by molar-refractivity contribution is 0.0741. The van der Waals surface area contributed by atoms with Gasteiger partial charge in [-0.15, -0.1) is 0 Å². The lowest BCUT2D eigenvalue weighted by Crippen LogP contribution is -2.31. The van der Waals surface area contributed by atoms with Crippen LogP contribution >= 0.6 is 0 Å². The van der Waals surface area contributed by atoms with Crippen molar-refractivity contribution in [3.8, 4) is 0 Å². The molecule has 0 saturated heterocycles. The molecule has 0 aliphatic rings. The summed E-state index contributed by atoms with van der Waals surface area (Å²) < 4.78 is 53.4. The number of aryl methyl sites for hydroxylation is 1. The number of hydrogen-bond acceptors (Lipinski definition) is 3. The summed E-state index contributed by atoms with van der Waals surface area (Å²) in [5.74, 6) is -2.37. The van der Waals surface area contributed by atoms with Gasteiger partial charge < -0.3 is 4.90 Å². The van der Waals surface area contributed by atoms with Crippen molar-refractivity contribution in [3.05, 3.63) is 64.7 Å².